The maximum atomic E-state index is 11.6. The number of unbranched alkanes of at least 4 members (excludes halogenated alkanes) is 1. The van der Waals surface area contributed by atoms with Crippen molar-refractivity contribution in [3.05, 3.63) is 29.4 Å². The minimum atomic E-state index is -0.725. The van der Waals surface area contributed by atoms with E-state index in [0.717, 1.165) is 12.8 Å². The number of hydrogen-bond donors (Lipinski definition) is 1. The molecule has 16 heavy (non-hydrogen) atoms. The number of nitrogens with two attached hydrogens (primary N) is 1. The molecule has 1 aliphatic carbocycles. The molecule has 0 heterocycles. The third-order valence-corrected chi connectivity index (χ3v) is 2.31. The summed E-state index contributed by atoms with van der Waals surface area (Å²) in [6.07, 6.45) is 6.48. The molecule has 0 aromatic heterocycles. The zero-order valence-electron chi connectivity index (χ0n) is 9.23. The van der Waals surface area contributed by atoms with E-state index in [9.17, 15) is 9.59 Å². The van der Waals surface area contributed by atoms with E-state index in [1.165, 1.54) is 0 Å². The van der Waals surface area contributed by atoms with Crippen LogP contribution in [0.2, 0.25) is 0 Å². The molecule has 1 aliphatic rings. The van der Waals surface area contributed by atoms with Gasteiger partial charge in [0.1, 0.15) is 5.94 Å². The Morgan fingerprint density at radius 1 is 1.62 bits per heavy atom. The van der Waals surface area contributed by atoms with Gasteiger partial charge >= 0.3 is 5.97 Å². The van der Waals surface area contributed by atoms with E-state index in [1.54, 1.807) is 24.2 Å². The predicted octanol–water partition coefficient (Wildman–Crippen LogP) is 0.911. The van der Waals surface area contributed by atoms with Crippen molar-refractivity contribution in [2.24, 2.45) is 5.73 Å². The summed E-state index contributed by atoms with van der Waals surface area (Å²) in [5.74, 6) is 1.25. The lowest BCUT2D eigenvalue weighted by atomic mass is 9.96. The highest BCUT2D eigenvalue weighted by Crippen LogP contribution is 2.16. The van der Waals surface area contributed by atoms with Crippen LogP contribution in [0.4, 0.5) is 0 Å². The van der Waals surface area contributed by atoms with E-state index in [-0.39, 0.29) is 5.57 Å². The number of hydrogen-bond acceptors (Lipinski definition) is 4. The molecule has 1 atom stereocenters. The summed E-state index contributed by atoms with van der Waals surface area (Å²) in [5.41, 5.74) is 6.29. The summed E-state index contributed by atoms with van der Waals surface area (Å²) in [6, 6.07) is -0.725. The predicted molar refractivity (Wildman–Crippen MR) is 60.3 cm³/mol. The zero-order chi connectivity index (χ0) is 12.0. The molecule has 2 N–H and O–H groups in total. The molecule has 0 spiro atoms. The Bertz CT molecular complexity index is 376. The standard InChI is InChI=1S/C12H15NO3/c1-2-3-7-16-12(15)10-6-4-5-9(8-14)11(10)13/h4-6,11H,2-3,7,13H2,1H3. The topological polar surface area (TPSA) is 69.4 Å². The molecule has 0 radical (unpaired) electrons. The molecule has 0 amide bonds. The fourth-order valence-electron chi connectivity index (χ4n) is 1.32. The average Bonchev–Trinajstić information content (AvgIpc) is 2.29. The minimum absolute atomic E-state index is 0.268. The van der Waals surface area contributed by atoms with Gasteiger partial charge in [0.15, 0.2) is 0 Å². The third-order valence-electron chi connectivity index (χ3n) is 2.31. The van der Waals surface area contributed by atoms with Crippen molar-refractivity contribution in [1.29, 1.82) is 0 Å². The molecule has 0 aliphatic heterocycles. The molecule has 0 bridgehead atoms. The van der Waals surface area contributed by atoms with Crippen LogP contribution in [0.3, 0.4) is 0 Å². The Morgan fingerprint density at radius 2 is 2.38 bits per heavy atom. The molecule has 0 saturated carbocycles. The lowest BCUT2D eigenvalue weighted by Crippen LogP contribution is -2.31. The molecule has 0 fully saturated rings. The first-order chi connectivity index (χ1) is 7.70. The smallest absolute Gasteiger partial charge is 0.335 e. The minimum Gasteiger partial charge on any atom is -0.462 e. The summed E-state index contributed by atoms with van der Waals surface area (Å²) < 4.78 is 5.02. The molecule has 86 valence electrons. The van der Waals surface area contributed by atoms with Gasteiger partial charge < -0.3 is 10.5 Å². The summed E-state index contributed by atoms with van der Waals surface area (Å²) in [4.78, 5) is 22.1. The van der Waals surface area contributed by atoms with E-state index in [4.69, 9.17) is 10.5 Å². The van der Waals surface area contributed by atoms with Crippen LogP contribution >= 0.6 is 0 Å². The number of carbonyl (C=O) groups is 1. The van der Waals surface area contributed by atoms with Gasteiger partial charge in [0.05, 0.1) is 23.8 Å². The summed E-state index contributed by atoms with van der Waals surface area (Å²) in [7, 11) is 0. The largest absolute Gasteiger partial charge is 0.462 e. The highest BCUT2D eigenvalue weighted by molar-refractivity contribution is 5.92. The molecule has 1 unspecified atom stereocenters. The second-order valence-electron chi connectivity index (χ2n) is 3.51. The van der Waals surface area contributed by atoms with Crippen LogP contribution in [0, 0.1) is 0 Å². The van der Waals surface area contributed by atoms with Crippen molar-refractivity contribution >= 4 is 11.9 Å². The number of rotatable bonds is 4. The Morgan fingerprint density at radius 3 is 3.00 bits per heavy atom. The van der Waals surface area contributed by atoms with Gasteiger partial charge in [-0.1, -0.05) is 19.4 Å². The van der Waals surface area contributed by atoms with Crippen LogP contribution < -0.4 is 5.73 Å². The molecule has 4 nitrogen and oxygen atoms in total. The zero-order valence-corrected chi connectivity index (χ0v) is 9.23. The van der Waals surface area contributed by atoms with Crippen molar-refractivity contribution in [2.75, 3.05) is 6.61 Å². The van der Waals surface area contributed by atoms with Gasteiger partial charge in [0.25, 0.3) is 0 Å². The first-order valence-electron chi connectivity index (χ1n) is 5.26. The van der Waals surface area contributed by atoms with Crippen molar-refractivity contribution in [3.63, 3.8) is 0 Å². The van der Waals surface area contributed by atoms with Gasteiger partial charge in [-0.2, -0.15) is 0 Å². The second kappa shape index (κ2) is 6.05. The fraction of sp³-hybridized carbons (Fsp3) is 0.417. The van der Waals surface area contributed by atoms with Gasteiger partial charge in [-0.25, -0.2) is 9.59 Å². The van der Waals surface area contributed by atoms with Gasteiger partial charge in [0, 0.05) is 0 Å². The molecule has 0 aromatic carbocycles. The van der Waals surface area contributed by atoms with Crippen LogP contribution in [-0.2, 0) is 14.3 Å². The molecular formula is C12H15NO3. The lowest BCUT2D eigenvalue weighted by Gasteiger charge is -2.16. The van der Waals surface area contributed by atoms with Gasteiger partial charge in [-0.15, -0.1) is 0 Å². The monoisotopic (exact) mass is 221 g/mol. The highest BCUT2D eigenvalue weighted by Gasteiger charge is 2.23. The third kappa shape index (κ3) is 2.92. The summed E-state index contributed by atoms with van der Waals surface area (Å²) >= 11 is 0. The maximum Gasteiger partial charge on any atom is 0.335 e. The van der Waals surface area contributed by atoms with Crippen LogP contribution in [0.25, 0.3) is 0 Å². The van der Waals surface area contributed by atoms with Crippen molar-refractivity contribution < 1.29 is 14.3 Å². The Labute approximate surface area is 94.5 Å². The van der Waals surface area contributed by atoms with Crippen molar-refractivity contribution in [1.82, 2.24) is 0 Å². The van der Waals surface area contributed by atoms with Crippen LogP contribution in [-0.4, -0.2) is 24.6 Å². The molecule has 0 aromatic rings. The normalized spacial score (nSPS) is 19.0. The van der Waals surface area contributed by atoms with Crippen molar-refractivity contribution in [3.8, 4) is 0 Å². The number of allylic oxidation sites excluding steroid dienone is 2. The van der Waals surface area contributed by atoms with Gasteiger partial charge in [-0.3, -0.25) is 0 Å². The number of ether oxygens (including phenoxy) is 1. The van der Waals surface area contributed by atoms with Gasteiger partial charge in [-0.05, 0) is 18.6 Å². The molecule has 0 saturated heterocycles. The second-order valence-corrected chi connectivity index (χ2v) is 3.51. The quantitative estimate of drug-likeness (QED) is 0.435. The SMILES string of the molecule is CCCCOC(=O)C1=CC=CC(=C=O)C1N. The Hall–Kier alpha value is -1.64. The van der Waals surface area contributed by atoms with E-state index in [1.807, 2.05) is 6.92 Å². The average molecular weight is 221 g/mol. The van der Waals surface area contributed by atoms with E-state index in [2.05, 4.69) is 0 Å². The highest BCUT2D eigenvalue weighted by atomic mass is 16.5. The van der Waals surface area contributed by atoms with Crippen molar-refractivity contribution in [2.45, 2.75) is 25.8 Å². The number of carbonyl (C=O) groups excluding carboxylic acids is 2. The lowest BCUT2D eigenvalue weighted by molar-refractivity contribution is -0.139. The summed E-state index contributed by atoms with van der Waals surface area (Å²) in [6.45, 7) is 2.39. The first-order valence-corrected chi connectivity index (χ1v) is 5.26. The van der Waals surface area contributed by atoms with Gasteiger partial charge in [0.2, 0.25) is 0 Å². The maximum absolute atomic E-state index is 11.6. The molecular weight excluding hydrogens is 206 g/mol. The van der Waals surface area contributed by atoms with Crippen LogP contribution in [0.15, 0.2) is 29.4 Å². The fourth-order valence-corrected chi connectivity index (χ4v) is 1.32. The van der Waals surface area contributed by atoms with E-state index >= 15 is 0 Å². The van der Waals surface area contributed by atoms with Crippen LogP contribution in [0.1, 0.15) is 19.8 Å². The molecule has 4 heteroatoms. The van der Waals surface area contributed by atoms with E-state index in [0.29, 0.717) is 12.2 Å². The number of esters is 1. The Balaban J connectivity index is 2.66. The molecule has 1 rings (SSSR count). The Kier molecular flexibility index (Phi) is 4.70. The van der Waals surface area contributed by atoms with Crippen LogP contribution in [0.5, 0.6) is 0 Å². The first kappa shape index (κ1) is 12.4. The van der Waals surface area contributed by atoms with E-state index < -0.39 is 12.0 Å². The summed E-state index contributed by atoms with van der Waals surface area (Å²) in [5, 5.41) is 0.